The lowest BCUT2D eigenvalue weighted by Gasteiger charge is -2.09. The molecule has 2 aromatic rings. The molecule has 0 saturated heterocycles. The van der Waals surface area contributed by atoms with Gasteiger partial charge in [-0.25, -0.2) is 0 Å². The summed E-state index contributed by atoms with van der Waals surface area (Å²) in [6.07, 6.45) is 0.984. The van der Waals surface area contributed by atoms with Crippen molar-refractivity contribution in [2.45, 2.75) is 19.9 Å². The van der Waals surface area contributed by atoms with Crippen LogP contribution in [0.1, 0.15) is 28.4 Å². The summed E-state index contributed by atoms with van der Waals surface area (Å²) in [4.78, 5) is 11.9. The lowest BCUT2D eigenvalue weighted by molar-refractivity contribution is 0.0951. The number of hydrogen-bond donors (Lipinski definition) is 1. The average Bonchev–Trinajstić information content (AvgIpc) is 2.46. The van der Waals surface area contributed by atoms with Crippen molar-refractivity contribution in [1.29, 1.82) is 0 Å². The molecule has 2 heteroatoms. The van der Waals surface area contributed by atoms with Gasteiger partial charge in [0.15, 0.2) is 0 Å². The highest BCUT2D eigenvalue weighted by Crippen LogP contribution is 2.09. The first-order chi connectivity index (χ1) is 8.81. The van der Waals surface area contributed by atoms with Gasteiger partial charge in [0.05, 0.1) is 0 Å². The van der Waals surface area contributed by atoms with Crippen LogP contribution in [0.25, 0.3) is 0 Å². The Morgan fingerprint density at radius 3 is 2.22 bits per heavy atom. The topological polar surface area (TPSA) is 29.1 Å². The molecule has 0 atom stereocenters. The molecule has 0 fully saturated rings. The minimum atomic E-state index is -0.0264. The van der Waals surface area contributed by atoms with E-state index < -0.39 is 0 Å². The molecule has 0 aliphatic carbocycles. The van der Waals surface area contributed by atoms with Gasteiger partial charge in [0.25, 0.3) is 5.91 Å². The van der Waals surface area contributed by atoms with Gasteiger partial charge in [-0.1, -0.05) is 49.4 Å². The van der Waals surface area contributed by atoms with Crippen molar-refractivity contribution >= 4 is 5.91 Å². The molecule has 1 amide bonds. The minimum Gasteiger partial charge on any atom is -0.348 e. The Morgan fingerprint density at radius 1 is 0.944 bits per heavy atom. The molecule has 0 radical (unpaired) electrons. The quantitative estimate of drug-likeness (QED) is 0.872. The van der Waals surface area contributed by atoms with Crippen molar-refractivity contribution in [1.82, 2.24) is 5.32 Å². The Bertz CT molecular complexity index is 520. The molecule has 92 valence electrons. The molecule has 18 heavy (non-hydrogen) atoms. The van der Waals surface area contributed by atoms with E-state index in [-0.39, 0.29) is 5.91 Å². The van der Waals surface area contributed by atoms with Crippen LogP contribution < -0.4 is 5.32 Å². The number of hydrogen-bond acceptors (Lipinski definition) is 1. The van der Waals surface area contributed by atoms with Crippen LogP contribution in [0.2, 0.25) is 0 Å². The number of aryl methyl sites for hydroxylation is 1. The first kappa shape index (κ1) is 12.4. The SMILES string of the molecule is CCc1ccccc1CNC(=O)c1ccccc1. The second kappa shape index (κ2) is 6.01. The van der Waals surface area contributed by atoms with Crippen molar-refractivity contribution in [3.05, 3.63) is 71.3 Å². The zero-order chi connectivity index (χ0) is 12.8. The van der Waals surface area contributed by atoms with Gasteiger partial charge in [0, 0.05) is 12.1 Å². The molecule has 2 rings (SSSR count). The summed E-state index contributed by atoms with van der Waals surface area (Å²) in [5.41, 5.74) is 3.17. The van der Waals surface area contributed by atoms with Gasteiger partial charge in [-0.15, -0.1) is 0 Å². The predicted octanol–water partition coefficient (Wildman–Crippen LogP) is 3.18. The van der Waals surface area contributed by atoms with Crippen molar-refractivity contribution in [2.24, 2.45) is 0 Å². The van der Waals surface area contributed by atoms with Gasteiger partial charge < -0.3 is 5.32 Å². The van der Waals surface area contributed by atoms with Crippen LogP contribution in [0.3, 0.4) is 0 Å². The molecule has 0 saturated carbocycles. The Morgan fingerprint density at radius 2 is 1.56 bits per heavy atom. The third-order valence-electron chi connectivity index (χ3n) is 2.97. The van der Waals surface area contributed by atoms with Crippen molar-refractivity contribution in [2.75, 3.05) is 0 Å². The van der Waals surface area contributed by atoms with E-state index in [1.54, 1.807) is 0 Å². The van der Waals surface area contributed by atoms with Crippen LogP contribution in [0.5, 0.6) is 0 Å². The molecule has 0 aliphatic heterocycles. The van der Waals surface area contributed by atoms with E-state index in [1.807, 2.05) is 42.5 Å². The molecular formula is C16H17NO. The van der Waals surface area contributed by atoms with Gasteiger partial charge in [-0.05, 0) is 29.7 Å². The number of carbonyl (C=O) groups excluding carboxylic acids is 1. The molecule has 0 aromatic heterocycles. The van der Waals surface area contributed by atoms with E-state index in [0.29, 0.717) is 12.1 Å². The summed E-state index contributed by atoms with van der Waals surface area (Å²) in [6.45, 7) is 2.70. The van der Waals surface area contributed by atoms with Crippen molar-refractivity contribution in [3.63, 3.8) is 0 Å². The second-order valence-electron chi connectivity index (χ2n) is 4.17. The highest BCUT2D eigenvalue weighted by atomic mass is 16.1. The standard InChI is InChI=1S/C16H17NO/c1-2-13-8-6-7-11-15(13)12-17-16(18)14-9-4-3-5-10-14/h3-11H,2,12H2,1H3,(H,17,18). The van der Waals surface area contributed by atoms with Crippen LogP contribution in [0.15, 0.2) is 54.6 Å². The lowest BCUT2D eigenvalue weighted by atomic mass is 10.1. The van der Waals surface area contributed by atoms with Crippen molar-refractivity contribution < 1.29 is 4.79 Å². The van der Waals surface area contributed by atoms with Gasteiger partial charge in [-0.2, -0.15) is 0 Å². The molecule has 0 bridgehead atoms. The maximum absolute atomic E-state index is 11.9. The molecule has 2 aromatic carbocycles. The van der Waals surface area contributed by atoms with E-state index in [9.17, 15) is 4.79 Å². The summed E-state index contributed by atoms with van der Waals surface area (Å²) < 4.78 is 0. The number of rotatable bonds is 4. The first-order valence-corrected chi connectivity index (χ1v) is 6.21. The average molecular weight is 239 g/mol. The fraction of sp³-hybridized carbons (Fsp3) is 0.188. The normalized spacial score (nSPS) is 10.1. The monoisotopic (exact) mass is 239 g/mol. The second-order valence-corrected chi connectivity index (χ2v) is 4.17. The predicted molar refractivity (Wildman–Crippen MR) is 73.4 cm³/mol. The number of nitrogens with one attached hydrogen (secondary N) is 1. The molecule has 0 unspecified atom stereocenters. The summed E-state index contributed by atoms with van der Waals surface area (Å²) >= 11 is 0. The molecule has 1 N–H and O–H groups in total. The van der Waals surface area contributed by atoms with Crippen molar-refractivity contribution in [3.8, 4) is 0 Å². The molecule has 0 spiro atoms. The van der Waals surface area contributed by atoms with Gasteiger partial charge in [0.2, 0.25) is 0 Å². The molecular weight excluding hydrogens is 222 g/mol. The van der Waals surface area contributed by atoms with Crippen LogP contribution in [-0.4, -0.2) is 5.91 Å². The van der Waals surface area contributed by atoms with Crippen LogP contribution in [-0.2, 0) is 13.0 Å². The Balaban J connectivity index is 2.02. The maximum Gasteiger partial charge on any atom is 0.251 e. The Labute approximate surface area is 108 Å². The molecule has 0 heterocycles. The number of amides is 1. The summed E-state index contributed by atoms with van der Waals surface area (Å²) in [5, 5.41) is 2.95. The van der Waals surface area contributed by atoms with E-state index in [0.717, 1.165) is 6.42 Å². The minimum absolute atomic E-state index is 0.0264. The van der Waals surface area contributed by atoms with Crippen LogP contribution >= 0.6 is 0 Å². The highest BCUT2D eigenvalue weighted by Gasteiger charge is 2.05. The van der Waals surface area contributed by atoms with Crippen LogP contribution in [0.4, 0.5) is 0 Å². The third kappa shape index (κ3) is 2.98. The lowest BCUT2D eigenvalue weighted by Crippen LogP contribution is -2.23. The summed E-state index contributed by atoms with van der Waals surface area (Å²) in [5.74, 6) is -0.0264. The smallest absolute Gasteiger partial charge is 0.251 e. The van der Waals surface area contributed by atoms with Gasteiger partial charge >= 0.3 is 0 Å². The number of carbonyl (C=O) groups is 1. The van der Waals surface area contributed by atoms with E-state index >= 15 is 0 Å². The van der Waals surface area contributed by atoms with Crippen LogP contribution in [0, 0.1) is 0 Å². The number of benzene rings is 2. The Kier molecular flexibility index (Phi) is 4.13. The summed E-state index contributed by atoms with van der Waals surface area (Å²) in [6, 6.07) is 17.5. The zero-order valence-corrected chi connectivity index (χ0v) is 10.5. The van der Waals surface area contributed by atoms with Gasteiger partial charge in [-0.3, -0.25) is 4.79 Å². The zero-order valence-electron chi connectivity index (χ0n) is 10.5. The van der Waals surface area contributed by atoms with E-state index in [4.69, 9.17) is 0 Å². The van der Waals surface area contributed by atoms with E-state index in [2.05, 4.69) is 24.4 Å². The summed E-state index contributed by atoms with van der Waals surface area (Å²) in [7, 11) is 0. The fourth-order valence-corrected chi connectivity index (χ4v) is 1.94. The fourth-order valence-electron chi connectivity index (χ4n) is 1.94. The maximum atomic E-state index is 11.9. The van der Waals surface area contributed by atoms with Gasteiger partial charge in [0.1, 0.15) is 0 Å². The molecule has 0 aliphatic rings. The first-order valence-electron chi connectivity index (χ1n) is 6.21. The third-order valence-corrected chi connectivity index (χ3v) is 2.97. The molecule has 2 nitrogen and oxygen atoms in total. The largest absolute Gasteiger partial charge is 0.348 e. The highest BCUT2D eigenvalue weighted by molar-refractivity contribution is 5.94. The Hall–Kier alpha value is -2.09. The van der Waals surface area contributed by atoms with E-state index in [1.165, 1.54) is 11.1 Å².